The fourth-order valence-electron chi connectivity index (χ4n) is 3.52. The molecule has 0 aromatic heterocycles. The third-order valence-electron chi connectivity index (χ3n) is 5.02. The smallest absolute Gasteiger partial charge is 0.260 e. The molecule has 2 aliphatic rings. The highest BCUT2D eigenvalue weighted by atomic mass is 32.2. The average molecular weight is 352 g/mol. The van der Waals surface area contributed by atoms with Gasteiger partial charge in [0.15, 0.2) is 6.61 Å². The monoisotopic (exact) mass is 352 g/mol. The molecule has 1 aromatic rings. The van der Waals surface area contributed by atoms with Gasteiger partial charge in [0.1, 0.15) is 5.75 Å². The van der Waals surface area contributed by atoms with Gasteiger partial charge in [0.25, 0.3) is 5.91 Å². The topological polar surface area (TPSA) is 66.9 Å². The maximum atomic E-state index is 12.4. The van der Waals surface area contributed by atoms with E-state index in [1.807, 2.05) is 31.2 Å². The number of rotatable bonds is 3. The third-order valence-corrected chi connectivity index (χ3v) is 7.43. The van der Waals surface area contributed by atoms with Crippen molar-refractivity contribution in [2.45, 2.75) is 25.0 Å². The molecule has 2 heterocycles. The molecule has 24 heavy (non-hydrogen) atoms. The van der Waals surface area contributed by atoms with Gasteiger partial charge in [-0.1, -0.05) is 17.7 Å². The first-order chi connectivity index (χ1) is 11.4. The summed E-state index contributed by atoms with van der Waals surface area (Å²) in [5.41, 5.74) is 1.14. The van der Waals surface area contributed by atoms with Crippen LogP contribution in [-0.4, -0.2) is 62.1 Å². The van der Waals surface area contributed by atoms with Gasteiger partial charge in [0, 0.05) is 26.7 Å². The molecule has 0 bridgehead atoms. The predicted molar refractivity (Wildman–Crippen MR) is 91.3 cm³/mol. The number of ether oxygens (including phenoxy) is 1. The number of fused-ring (bicyclic) bond motifs is 1. The van der Waals surface area contributed by atoms with E-state index < -0.39 is 10.0 Å². The zero-order valence-electron chi connectivity index (χ0n) is 14.1. The molecule has 1 amide bonds. The van der Waals surface area contributed by atoms with Gasteiger partial charge < -0.3 is 9.64 Å². The Labute approximate surface area is 143 Å². The van der Waals surface area contributed by atoms with Crippen molar-refractivity contribution >= 4 is 15.9 Å². The zero-order chi connectivity index (χ0) is 17.3. The Hall–Kier alpha value is -1.60. The lowest BCUT2D eigenvalue weighted by Crippen LogP contribution is -2.37. The summed E-state index contributed by atoms with van der Waals surface area (Å²) in [5, 5.41) is -0.349. The Balaban J connectivity index is 1.57. The van der Waals surface area contributed by atoms with E-state index in [1.165, 1.54) is 4.31 Å². The summed E-state index contributed by atoms with van der Waals surface area (Å²) < 4.78 is 31.6. The van der Waals surface area contributed by atoms with E-state index in [2.05, 4.69) is 0 Å². The van der Waals surface area contributed by atoms with Crippen molar-refractivity contribution < 1.29 is 17.9 Å². The highest BCUT2D eigenvalue weighted by molar-refractivity contribution is 7.90. The van der Waals surface area contributed by atoms with Gasteiger partial charge in [-0.3, -0.25) is 4.79 Å². The van der Waals surface area contributed by atoms with Crippen LogP contribution in [-0.2, 0) is 14.8 Å². The summed E-state index contributed by atoms with van der Waals surface area (Å²) in [4.78, 5) is 14.1. The average Bonchev–Trinajstić information content (AvgIpc) is 2.71. The maximum Gasteiger partial charge on any atom is 0.260 e. The zero-order valence-corrected chi connectivity index (χ0v) is 15.0. The Kier molecular flexibility index (Phi) is 4.83. The van der Waals surface area contributed by atoms with Gasteiger partial charge in [0.2, 0.25) is 10.0 Å². The quantitative estimate of drug-likeness (QED) is 0.821. The molecule has 0 N–H and O–H groups in total. The standard InChI is InChI=1S/C17H24N2O4S/c1-13-3-5-15(6-4-13)23-12-17(20)19-9-7-14-11-18(2)24(21,22)16(14)8-10-19/h3-6,14,16H,7-12H2,1-2H3/t14-,16-/m1/s1. The van der Waals surface area contributed by atoms with Crippen molar-refractivity contribution in [3.8, 4) is 5.75 Å². The lowest BCUT2D eigenvalue weighted by molar-refractivity contribution is -0.133. The molecule has 2 fully saturated rings. The summed E-state index contributed by atoms with van der Waals surface area (Å²) in [5.74, 6) is 0.710. The molecule has 132 valence electrons. The van der Waals surface area contributed by atoms with E-state index in [4.69, 9.17) is 4.74 Å². The van der Waals surface area contributed by atoms with Gasteiger partial charge in [-0.05, 0) is 37.8 Å². The van der Waals surface area contributed by atoms with Crippen molar-refractivity contribution in [2.75, 3.05) is 33.3 Å². The fraction of sp³-hybridized carbons (Fsp3) is 0.588. The van der Waals surface area contributed by atoms with Crippen LogP contribution in [0, 0.1) is 12.8 Å². The molecular formula is C17H24N2O4S. The predicted octanol–water partition coefficient (Wildman–Crippen LogP) is 1.26. The lowest BCUT2D eigenvalue weighted by atomic mass is 10.0. The Bertz CT molecular complexity index is 702. The van der Waals surface area contributed by atoms with Crippen molar-refractivity contribution in [3.63, 3.8) is 0 Å². The van der Waals surface area contributed by atoms with Crippen LogP contribution in [0.4, 0.5) is 0 Å². The highest BCUT2D eigenvalue weighted by Crippen LogP contribution is 2.33. The highest BCUT2D eigenvalue weighted by Gasteiger charge is 2.45. The SMILES string of the molecule is Cc1ccc(OCC(=O)N2CC[C@@H]3CN(C)S(=O)(=O)[C@@H]3CC2)cc1. The van der Waals surface area contributed by atoms with Crippen LogP contribution in [0.1, 0.15) is 18.4 Å². The lowest BCUT2D eigenvalue weighted by Gasteiger charge is -2.21. The molecule has 7 heteroatoms. The second-order valence-corrected chi connectivity index (χ2v) is 8.94. The van der Waals surface area contributed by atoms with Gasteiger partial charge in [-0.2, -0.15) is 0 Å². The number of carbonyl (C=O) groups is 1. The first-order valence-corrected chi connectivity index (χ1v) is 9.80. The van der Waals surface area contributed by atoms with Crippen LogP contribution in [0.3, 0.4) is 0 Å². The molecular weight excluding hydrogens is 328 g/mol. The van der Waals surface area contributed by atoms with Gasteiger partial charge in [-0.15, -0.1) is 0 Å². The molecule has 2 saturated heterocycles. The minimum atomic E-state index is -3.19. The molecule has 0 unspecified atom stereocenters. The third kappa shape index (κ3) is 3.42. The molecule has 6 nitrogen and oxygen atoms in total. The van der Waals surface area contributed by atoms with Crippen molar-refractivity contribution in [1.82, 2.24) is 9.21 Å². The summed E-state index contributed by atoms with van der Waals surface area (Å²) in [6, 6.07) is 7.57. The number of hydrogen-bond acceptors (Lipinski definition) is 4. The number of carbonyl (C=O) groups excluding carboxylic acids is 1. The minimum absolute atomic E-state index is 0.00888. The summed E-state index contributed by atoms with van der Waals surface area (Å²) in [6.07, 6.45) is 1.23. The van der Waals surface area contributed by atoms with E-state index in [0.717, 1.165) is 12.0 Å². The van der Waals surface area contributed by atoms with Crippen molar-refractivity contribution in [3.05, 3.63) is 29.8 Å². The number of amides is 1. The Morgan fingerprint density at radius 3 is 2.58 bits per heavy atom. The molecule has 0 aliphatic carbocycles. The van der Waals surface area contributed by atoms with E-state index in [9.17, 15) is 13.2 Å². The summed E-state index contributed by atoms with van der Waals surface area (Å²) in [7, 11) is -1.55. The summed E-state index contributed by atoms with van der Waals surface area (Å²) >= 11 is 0. The van der Waals surface area contributed by atoms with Crippen LogP contribution >= 0.6 is 0 Å². The maximum absolute atomic E-state index is 12.4. The van der Waals surface area contributed by atoms with Crippen LogP contribution < -0.4 is 4.74 Å². The molecule has 3 rings (SSSR count). The van der Waals surface area contributed by atoms with Crippen molar-refractivity contribution in [1.29, 1.82) is 0 Å². The molecule has 1 aromatic carbocycles. The van der Waals surface area contributed by atoms with E-state index in [1.54, 1.807) is 11.9 Å². The Morgan fingerprint density at radius 2 is 1.88 bits per heavy atom. The number of aryl methyl sites for hydroxylation is 1. The molecule has 2 aliphatic heterocycles. The van der Waals surface area contributed by atoms with Crippen LogP contribution in [0.25, 0.3) is 0 Å². The second kappa shape index (κ2) is 6.72. The van der Waals surface area contributed by atoms with Crippen LogP contribution in [0.15, 0.2) is 24.3 Å². The largest absolute Gasteiger partial charge is 0.484 e. The normalized spacial score (nSPS) is 26.7. The van der Waals surface area contributed by atoms with Crippen molar-refractivity contribution in [2.24, 2.45) is 5.92 Å². The minimum Gasteiger partial charge on any atom is -0.484 e. The molecule has 0 saturated carbocycles. The number of nitrogens with zero attached hydrogens (tertiary/aromatic N) is 2. The van der Waals surface area contributed by atoms with Crippen LogP contribution in [0.2, 0.25) is 0 Å². The van der Waals surface area contributed by atoms with Gasteiger partial charge in [-0.25, -0.2) is 12.7 Å². The second-order valence-electron chi connectivity index (χ2n) is 6.68. The van der Waals surface area contributed by atoms with Gasteiger partial charge >= 0.3 is 0 Å². The first kappa shape index (κ1) is 17.2. The van der Waals surface area contributed by atoms with Crippen LogP contribution in [0.5, 0.6) is 5.75 Å². The first-order valence-electron chi connectivity index (χ1n) is 8.30. The van der Waals surface area contributed by atoms with E-state index in [0.29, 0.717) is 31.8 Å². The van der Waals surface area contributed by atoms with Gasteiger partial charge in [0.05, 0.1) is 5.25 Å². The number of sulfonamides is 1. The number of likely N-dealkylation sites (tertiary alicyclic amines) is 1. The number of hydrogen-bond donors (Lipinski definition) is 0. The Morgan fingerprint density at radius 1 is 1.21 bits per heavy atom. The van der Waals surface area contributed by atoms with E-state index >= 15 is 0 Å². The molecule has 0 radical (unpaired) electrons. The molecule has 2 atom stereocenters. The van der Waals surface area contributed by atoms with E-state index in [-0.39, 0.29) is 23.7 Å². The number of benzene rings is 1. The molecule has 0 spiro atoms. The summed E-state index contributed by atoms with van der Waals surface area (Å²) in [6.45, 7) is 3.62. The fourth-order valence-corrected chi connectivity index (χ4v) is 5.50.